The zero-order chi connectivity index (χ0) is 17.9. The van der Waals surface area contributed by atoms with Crippen molar-refractivity contribution in [2.24, 2.45) is 0 Å². The Morgan fingerprint density at radius 1 is 1.12 bits per heavy atom. The lowest BCUT2D eigenvalue weighted by Crippen LogP contribution is -2.22. The van der Waals surface area contributed by atoms with Crippen LogP contribution in [0.2, 0.25) is 0 Å². The molecule has 1 aliphatic rings. The van der Waals surface area contributed by atoms with Crippen molar-refractivity contribution in [2.45, 2.75) is 17.1 Å². The monoisotopic (exact) mass is 366 g/mol. The van der Waals surface area contributed by atoms with Gasteiger partial charge in [-0.15, -0.1) is 11.8 Å². The van der Waals surface area contributed by atoms with Gasteiger partial charge in [0.25, 0.3) is 0 Å². The van der Waals surface area contributed by atoms with E-state index in [1.807, 2.05) is 55.5 Å². The van der Waals surface area contributed by atoms with E-state index in [9.17, 15) is 4.79 Å². The molecule has 0 radical (unpaired) electrons. The number of ether oxygens (including phenoxy) is 2. The predicted octanol–water partition coefficient (Wildman–Crippen LogP) is 4.13. The van der Waals surface area contributed by atoms with Crippen LogP contribution in [0.25, 0.3) is 10.9 Å². The topological polar surface area (TPSA) is 60.5 Å². The van der Waals surface area contributed by atoms with Crippen LogP contribution in [-0.4, -0.2) is 29.4 Å². The summed E-state index contributed by atoms with van der Waals surface area (Å²) in [6.07, 6.45) is 1.74. The summed E-state index contributed by atoms with van der Waals surface area (Å²) in [7, 11) is 0. The number of nitrogens with zero attached hydrogens (tertiary/aromatic N) is 1. The fourth-order valence-electron chi connectivity index (χ4n) is 2.80. The van der Waals surface area contributed by atoms with Crippen LogP contribution < -0.4 is 14.8 Å². The van der Waals surface area contributed by atoms with Crippen molar-refractivity contribution in [2.75, 3.05) is 18.5 Å². The number of rotatable bonds is 4. The molecule has 5 nitrogen and oxygen atoms in total. The van der Waals surface area contributed by atoms with Gasteiger partial charge in [-0.3, -0.25) is 9.78 Å². The molecule has 0 fully saturated rings. The lowest BCUT2D eigenvalue weighted by molar-refractivity contribution is -0.115. The van der Waals surface area contributed by atoms with E-state index >= 15 is 0 Å². The summed E-state index contributed by atoms with van der Waals surface area (Å²) < 4.78 is 11.1. The van der Waals surface area contributed by atoms with E-state index in [0.29, 0.717) is 13.2 Å². The molecule has 6 heteroatoms. The third kappa shape index (κ3) is 3.46. The Balaban J connectivity index is 1.48. The predicted molar refractivity (Wildman–Crippen MR) is 103 cm³/mol. The van der Waals surface area contributed by atoms with Crippen LogP contribution in [0.1, 0.15) is 6.92 Å². The number of carbonyl (C=O) groups excluding carboxylic acids is 1. The van der Waals surface area contributed by atoms with Gasteiger partial charge in [-0.25, -0.2) is 0 Å². The van der Waals surface area contributed by atoms with Crippen LogP contribution in [0.15, 0.2) is 59.6 Å². The highest BCUT2D eigenvalue weighted by molar-refractivity contribution is 8.00. The zero-order valence-electron chi connectivity index (χ0n) is 14.3. The third-order valence-electron chi connectivity index (χ3n) is 4.10. The van der Waals surface area contributed by atoms with Gasteiger partial charge in [0.15, 0.2) is 11.5 Å². The van der Waals surface area contributed by atoms with Crippen molar-refractivity contribution in [3.63, 3.8) is 0 Å². The van der Waals surface area contributed by atoms with E-state index in [2.05, 4.69) is 10.3 Å². The van der Waals surface area contributed by atoms with Crippen molar-refractivity contribution in [3.05, 3.63) is 54.7 Å². The largest absolute Gasteiger partial charge is 0.486 e. The van der Waals surface area contributed by atoms with E-state index in [1.54, 1.807) is 6.20 Å². The molecule has 1 aliphatic heterocycles. The van der Waals surface area contributed by atoms with Gasteiger partial charge in [0.05, 0.1) is 16.5 Å². The minimum atomic E-state index is -0.260. The Morgan fingerprint density at radius 3 is 2.85 bits per heavy atom. The number of amides is 1. The van der Waals surface area contributed by atoms with Crippen molar-refractivity contribution < 1.29 is 14.3 Å². The van der Waals surface area contributed by atoms with Gasteiger partial charge in [0.2, 0.25) is 5.91 Å². The molecule has 1 amide bonds. The number of anilines is 1. The molecule has 1 aromatic heterocycles. The van der Waals surface area contributed by atoms with Crippen molar-refractivity contribution in [1.82, 2.24) is 4.98 Å². The lowest BCUT2D eigenvalue weighted by Gasteiger charge is -2.19. The molecule has 0 saturated carbocycles. The van der Waals surface area contributed by atoms with E-state index in [4.69, 9.17) is 9.47 Å². The van der Waals surface area contributed by atoms with Gasteiger partial charge in [-0.05, 0) is 49.4 Å². The highest BCUT2D eigenvalue weighted by Gasteiger charge is 2.18. The molecule has 132 valence electrons. The normalized spacial score (nSPS) is 14.0. The first-order chi connectivity index (χ1) is 12.7. The maximum Gasteiger partial charge on any atom is 0.237 e. The maximum absolute atomic E-state index is 12.6. The highest BCUT2D eigenvalue weighted by Crippen LogP contribution is 2.35. The van der Waals surface area contributed by atoms with Gasteiger partial charge in [-0.2, -0.15) is 0 Å². The van der Waals surface area contributed by atoms with Gasteiger partial charge >= 0.3 is 0 Å². The van der Waals surface area contributed by atoms with E-state index in [1.165, 1.54) is 11.8 Å². The summed E-state index contributed by atoms with van der Waals surface area (Å²) in [6, 6.07) is 15.3. The number of pyridine rings is 1. The molecule has 0 saturated heterocycles. The molecule has 0 spiro atoms. The van der Waals surface area contributed by atoms with Gasteiger partial charge in [-0.1, -0.05) is 6.07 Å². The van der Waals surface area contributed by atoms with Crippen molar-refractivity contribution >= 4 is 34.3 Å². The second-order valence-electron chi connectivity index (χ2n) is 5.93. The Morgan fingerprint density at radius 2 is 1.96 bits per heavy atom. The number of carbonyl (C=O) groups is 1. The van der Waals surface area contributed by atoms with Crippen LogP contribution in [0.4, 0.5) is 5.69 Å². The van der Waals surface area contributed by atoms with Crippen LogP contribution in [0.3, 0.4) is 0 Å². The van der Waals surface area contributed by atoms with Crippen LogP contribution in [-0.2, 0) is 4.79 Å². The molecule has 2 heterocycles. The second-order valence-corrected chi connectivity index (χ2v) is 7.34. The molecule has 26 heavy (non-hydrogen) atoms. The molecular weight excluding hydrogens is 348 g/mol. The number of hydrogen-bond acceptors (Lipinski definition) is 5. The molecule has 1 unspecified atom stereocenters. The van der Waals surface area contributed by atoms with Crippen LogP contribution in [0, 0.1) is 0 Å². The number of thioether (sulfide) groups is 1. The first-order valence-corrected chi connectivity index (χ1v) is 9.29. The molecule has 0 bridgehead atoms. The van der Waals surface area contributed by atoms with Crippen LogP contribution >= 0.6 is 11.8 Å². The zero-order valence-corrected chi connectivity index (χ0v) is 15.1. The summed E-state index contributed by atoms with van der Waals surface area (Å²) in [5.74, 6) is 1.43. The maximum atomic E-state index is 12.6. The van der Waals surface area contributed by atoms with Gasteiger partial charge in [0.1, 0.15) is 13.2 Å². The van der Waals surface area contributed by atoms with Gasteiger partial charge < -0.3 is 14.8 Å². The van der Waals surface area contributed by atoms with Crippen molar-refractivity contribution in [1.29, 1.82) is 0 Å². The molecule has 0 aliphatic carbocycles. The molecule has 4 rings (SSSR count). The molecule has 3 aromatic rings. The summed E-state index contributed by atoms with van der Waals surface area (Å²) in [6.45, 7) is 3.00. The minimum absolute atomic E-state index is 0.0544. The lowest BCUT2D eigenvalue weighted by atomic mass is 10.2. The number of fused-ring (bicyclic) bond motifs is 2. The summed E-state index contributed by atoms with van der Waals surface area (Å²) in [5.41, 5.74) is 1.63. The molecule has 1 atom stereocenters. The van der Waals surface area contributed by atoms with Crippen molar-refractivity contribution in [3.8, 4) is 11.5 Å². The molecule has 2 aromatic carbocycles. The average molecular weight is 366 g/mol. The standard InChI is InChI=1S/C20H18N2O3S/c1-13(26-14-7-8-18-19(12-14)25-11-10-24-18)20(23)22-17-6-2-5-16-15(17)4-3-9-21-16/h2-9,12-13H,10-11H2,1H3,(H,22,23). The first-order valence-electron chi connectivity index (χ1n) is 8.41. The second kappa shape index (κ2) is 7.25. The summed E-state index contributed by atoms with van der Waals surface area (Å²) in [5, 5.41) is 3.68. The van der Waals surface area contributed by atoms with E-state index < -0.39 is 0 Å². The quantitative estimate of drug-likeness (QED) is 0.704. The Hall–Kier alpha value is -2.73. The summed E-state index contributed by atoms with van der Waals surface area (Å²) >= 11 is 1.49. The third-order valence-corrected chi connectivity index (χ3v) is 5.19. The number of nitrogens with one attached hydrogen (secondary N) is 1. The SMILES string of the molecule is CC(Sc1ccc2c(c1)OCCO2)C(=O)Nc1cccc2ncccc12. The minimum Gasteiger partial charge on any atom is -0.486 e. The van der Waals surface area contributed by atoms with E-state index in [-0.39, 0.29) is 11.2 Å². The first kappa shape index (κ1) is 16.7. The Kier molecular flexibility index (Phi) is 4.67. The summed E-state index contributed by atoms with van der Waals surface area (Å²) in [4.78, 5) is 17.9. The average Bonchev–Trinajstić information content (AvgIpc) is 2.68. The number of hydrogen-bond donors (Lipinski definition) is 1. The van der Waals surface area contributed by atoms with E-state index in [0.717, 1.165) is 33.0 Å². The van der Waals surface area contributed by atoms with Gasteiger partial charge in [0, 0.05) is 16.5 Å². The Bertz CT molecular complexity index is 955. The number of aromatic nitrogens is 1. The number of benzene rings is 2. The fourth-order valence-corrected chi connectivity index (χ4v) is 3.70. The molecule has 1 N–H and O–H groups in total. The van der Waals surface area contributed by atoms with Crippen LogP contribution in [0.5, 0.6) is 11.5 Å². The Labute approximate surface area is 155 Å². The smallest absolute Gasteiger partial charge is 0.237 e. The fraction of sp³-hybridized carbons (Fsp3) is 0.200. The molecular formula is C20H18N2O3S. The highest BCUT2D eigenvalue weighted by atomic mass is 32.2.